The van der Waals surface area contributed by atoms with Gasteiger partial charge in [-0.05, 0) is 48.1 Å². The van der Waals surface area contributed by atoms with Crippen LogP contribution < -0.4 is 10.1 Å². The second kappa shape index (κ2) is 8.88. The van der Waals surface area contributed by atoms with Crippen molar-refractivity contribution in [3.63, 3.8) is 0 Å². The summed E-state index contributed by atoms with van der Waals surface area (Å²) in [6.07, 6.45) is -0.0511. The van der Waals surface area contributed by atoms with E-state index in [-0.39, 0.29) is 19.1 Å². The lowest BCUT2D eigenvalue weighted by Gasteiger charge is -2.23. The van der Waals surface area contributed by atoms with Crippen LogP contribution in [0.1, 0.15) is 50.3 Å². The minimum absolute atomic E-state index is 0.0116. The van der Waals surface area contributed by atoms with Gasteiger partial charge < -0.3 is 15.2 Å². The maximum absolute atomic E-state index is 13.0. The molecule has 0 aromatic heterocycles. The van der Waals surface area contributed by atoms with Gasteiger partial charge in [0, 0.05) is 0 Å². The Morgan fingerprint density at radius 1 is 1.07 bits per heavy atom. The predicted molar refractivity (Wildman–Crippen MR) is 115 cm³/mol. The van der Waals surface area contributed by atoms with E-state index in [4.69, 9.17) is 4.74 Å². The van der Waals surface area contributed by atoms with Gasteiger partial charge in [-0.1, -0.05) is 57.2 Å². The molecule has 2 N–H and O–H groups in total. The van der Waals surface area contributed by atoms with Crippen LogP contribution in [-0.4, -0.2) is 41.2 Å². The number of β-amino-alcohol motifs (C(OH)–C–C–N with tert-alkyl or cyclic N) is 1. The van der Waals surface area contributed by atoms with Gasteiger partial charge in [-0.25, -0.2) is 4.79 Å². The van der Waals surface area contributed by atoms with Crippen LogP contribution in [0.4, 0.5) is 4.79 Å². The Morgan fingerprint density at radius 3 is 2.27 bits per heavy atom. The molecule has 30 heavy (non-hydrogen) atoms. The molecule has 0 saturated carbocycles. The van der Waals surface area contributed by atoms with Crippen LogP contribution >= 0.6 is 0 Å². The fourth-order valence-electron chi connectivity index (χ4n) is 3.54. The number of benzene rings is 2. The van der Waals surface area contributed by atoms with E-state index in [1.807, 2.05) is 48.5 Å². The van der Waals surface area contributed by atoms with Gasteiger partial charge in [-0.2, -0.15) is 0 Å². The van der Waals surface area contributed by atoms with Crippen molar-refractivity contribution in [1.29, 1.82) is 0 Å². The number of carbonyl (C=O) groups excluding carboxylic acids is 2. The Bertz CT molecular complexity index is 892. The minimum Gasteiger partial charge on any atom is -0.491 e. The molecule has 6 heteroatoms. The molecule has 0 radical (unpaired) electrons. The topological polar surface area (TPSA) is 78.9 Å². The summed E-state index contributed by atoms with van der Waals surface area (Å²) >= 11 is 0. The van der Waals surface area contributed by atoms with Crippen LogP contribution in [0, 0.1) is 0 Å². The highest BCUT2D eigenvalue weighted by molar-refractivity contribution is 6.07. The molecule has 1 aliphatic rings. The van der Waals surface area contributed by atoms with Crippen molar-refractivity contribution in [2.24, 2.45) is 0 Å². The van der Waals surface area contributed by atoms with Gasteiger partial charge in [-0.3, -0.25) is 9.69 Å². The molecule has 1 fully saturated rings. The van der Waals surface area contributed by atoms with Gasteiger partial charge in [0.2, 0.25) is 0 Å². The molecule has 2 unspecified atom stereocenters. The van der Waals surface area contributed by atoms with Gasteiger partial charge in [0.1, 0.15) is 24.0 Å². The summed E-state index contributed by atoms with van der Waals surface area (Å²) in [7, 11) is 0. The average molecular weight is 411 g/mol. The van der Waals surface area contributed by atoms with Crippen LogP contribution in [0.25, 0.3) is 0 Å². The molecule has 3 rings (SSSR count). The number of amides is 3. The van der Waals surface area contributed by atoms with Crippen molar-refractivity contribution in [1.82, 2.24) is 10.2 Å². The average Bonchev–Trinajstić information content (AvgIpc) is 2.96. The lowest BCUT2D eigenvalue weighted by molar-refractivity contribution is -0.132. The van der Waals surface area contributed by atoms with Gasteiger partial charge in [0.15, 0.2) is 0 Å². The first-order valence-corrected chi connectivity index (χ1v) is 10.4. The van der Waals surface area contributed by atoms with E-state index in [1.165, 1.54) is 5.56 Å². The Labute approximate surface area is 177 Å². The van der Waals surface area contributed by atoms with E-state index in [1.54, 1.807) is 6.92 Å². The van der Waals surface area contributed by atoms with E-state index in [2.05, 4.69) is 26.1 Å². The highest BCUT2D eigenvalue weighted by Crippen LogP contribution is 2.30. The SMILES string of the molecule is CCc1ccc(OCC(O)CN2C(=O)NC(C)(c3ccc(C(C)C)cc3)C2=O)cc1. The summed E-state index contributed by atoms with van der Waals surface area (Å²) in [6.45, 7) is 7.82. The third kappa shape index (κ3) is 4.49. The number of urea groups is 1. The Balaban J connectivity index is 1.63. The van der Waals surface area contributed by atoms with Crippen LogP contribution in [0.3, 0.4) is 0 Å². The second-order valence-corrected chi connectivity index (χ2v) is 8.21. The van der Waals surface area contributed by atoms with Crippen molar-refractivity contribution in [2.75, 3.05) is 13.2 Å². The molecule has 1 aliphatic heterocycles. The summed E-state index contributed by atoms with van der Waals surface area (Å²) in [5, 5.41) is 13.1. The lowest BCUT2D eigenvalue weighted by Crippen LogP contribution is -2.42. The molecular weight excluding hydrogens is 380 g/mol. The molecule has 2 aromatic carbocycles. The highest BCUT2D eigenvalue weighted by Gasteiger charge is 2.49. The molecule has 0 bridgehead atoms. The maximum atomic E-state index is 13.0. The molecule has 1 heterocycles. The van der Waals surface area contributed by atoms with Crippen molar-refractivity contribution in [2.45, 2.75) is 51.7 Å². The number of aliphatic hydroxyl groups excluding tert-OH is 1. The number of rotatable bonds is 8. The number of nitrogens with zero attached hydrogens (tertiary/aromatic N) is 1. The zero-order valence-corrected chi connectivity index (χ0v) is 18.0. The number of nitrogens with one attached hydrogen (secondary N) is 1. The Morgan fingerprint density at radius 2 is 1.70 bits per heavy atom. The molecule has 1 saturated heterocycles. The summed E-state index contributed by atoms with van der Waals surface area (Å²) in [5.41, 5.74) is 1.93. The third-order valence-electron chi connectivity index (χ3n) is 5.60. The number of aryl methyl sites for hydroxylation is 1. The molecular formula is C24H30N2O4. The van der Waals surface area contributed by atoms with Gasteiger partial charge in [0.05, 0.1) is 6.54 Å². The first-order valence-electron chi connectivity index (χ1n) is 10.4. The predicted octanol–water partition coefficient (Wildman–Crippen LogP) is 3.58. The molecule has 0 aliphatic carbocycles. The molecule has 160 valence electrons. The summed E-state index contributed by atoms with van der Waals surface area (Å²) in [5.74, 6) is 0.639. The zero-order valence-electron chi connectivity index (χ0n) is 18.0. The Kier molecular flexibility index (Phi) is 6.46. The van der Waals surface area contributed by atoms with Gasteiger partial charge in [0.25, 0.3) is 5.91 Å². The number of hydrogen-bond acceptors (Lipinski definition) is 4. The fraction of sp³-hybridized carbons (Fsp3) is 0.417. The highest BCUT2D eigenvalue weighted by atomic mass is 16.5. The van der Waals surface area contributed by atoms with Gasteiger partial charge in [-0.15, -0.1) is 0 Å². The number of aliphatic hydroxyl groups is 1. The number of ether oxygens (including phenoxy) is 1. The molecule has 3 amide bonds. The van der Waals surface area contributed by atoms with Crippen LogP contribution in [0.15, 0.2) is 48.5 Å². The zero-order chi connectivity index (χ0) is 21.9. The summed E-state index contributed by atoms with van der Waals surface area (Å²) in [4.78, 5) is 26.6. The monoisotopic (exact) mass is 410 g/mol. The van der Waals surface area contributed by atoms with E-state index < -0.39 is 17.7 Å². The minimum atomic E-state index is -1.15. The molecule has 0 spiro atoms. The van der Waals surface area contributed by atoms with Crippen molar-refractivity contribution >= 4 is 11.9 Å². The second-order valence-electron chi connectivity index (χ2n) is 8.21. The van der Waals surface area contributed by atoms with Crippen molar-refractivity contribution in [3.8, 4) is 5.75 Å². The maximum Gasteiger partial charge on any atom is 0.325 e. The summed E-state index contributed by atoms with van der Waals surface area (Å²) < 4.78 is 5.60. The quantitative estimate of drug-likeness (QED) is 0.652. The number of carbonyl (C=O) groups is 2. The Hall–Kier alpha value is -2.86. The fourth-order valence-corrected chi connectivity index (χ4v) is 3.54. The van der Waals surface area contributed by atoms with Crippen molar-refractivity contribution < 1.29 is 19.4 Å². The third-order valence-corrected chi connectivity index (χ3v) is 5.60. The van der Waals surface area contributed by atoms with Crippen LogP contribution in [0.5, 0.6) is 5.75 Å². The van der Waals surface area contributed by atoms with E-state index in [9.17, 15) is 14.7 Å². The van der Waals surface area contributed by atoms with Crippen LogP contribution in [-0.2, 0) is 16.8 Å². The van der Waals surface area contributed by atoms with Gasteiger partial charge >= 0.3 is 6.03 Å². The first-order chi connectivity index (χ1) is 14.2. The lowest BCUT2D eigenvalue weighted by atomic mass is 9.90. The standard InChI is InChI=1S/C24H30N2O4/c1-5-17-6-12-21(13-7-17)30-15-20(27)14-26-22(28)24(4,25-23(26)29)19-10-8-18(9-11-19)16(2)3/h6-13,16,20,27H,5,14-15H2,1-4H3,(H,25,29). The van der Waals surface area contributed by atoms with E-state index >= 15 is 0 Å². The first kappa shape index (κ1) is 21.8. The molecule has 6 nitrogen and oxygen atoms in total. The largest absolute Gasteiger partial charge is 0.491 e. The summed E-state index contributed by atoms with van der Waals surface area (Å²) in [6, 6.07) is 14.8. The van der Waals surface area contributed by atoms with Crippen LogP contribution in [0.2, 0.25) is 0 Å². The number of hydrogen-bond donors (Lipinski definition) is 2. The smallest absolute Gasteiger partial charge is 0.325 e. The normalized spacial score (nSPS) is 19.9. The van der Waals surface area contributed by atoms with Crippen molar-refractivity contribution in [3.05, 3.63) is 65.2 Å². The van der Waals surface area contributed by atoms with E-state index in [0.717, 1.165) is 22.4 Å². The molecule has 2 atom stereocenters. The molecule has 2 aromatic rings. The van der Waals surface area contributed by atoms with E-state index in [0.29, 0.717) is 11.7 Å². The number of imide groups is 1.